The van der Waals surface area contributed by atoms with E-state index in [1.807, 2.05) is 18.2 Å². The number of halogens is 4. The van der Waals surface area contributed by atoms with E-state index in [9.17, 15) is 37.2 Å². The van der Waals surface area contributed by atoms with Gasteiger partial charge in [0.2, 0.25) is 11.9 Å². The zero-order chi connectivity index (χ0) is 32.3. The Morgan fingerprint density at radius 2 is 1.44 bits per heavy atom. The van der Waals surface area contributed by atoms with Gasteiger partial charge >= 0.3 is 31.4 Å². The lowest BCUT2D eigenvalue weighted by Crippen LogP contribution is -2.66. The zero-order valence-electron chi connectivity index (χ0n) is 23.5. The predicted octanol–water partition coefficient (Wildman–Crippen LogP) is 3.81. The van der Waals surface area contributed by atoms with Gasteiger partial charge in [-0.2, -0.15) is 0 Å². The highest BCUT2D eigenvalue weighted by Gasteiger charge is 2.60. The molecule has 0 radical (unpaired) electrons. The maximum absolute atomic E-state index is 12.1. The third-order valence-electron chi connectivity index (χ3n) is 5.65. The van der Waals surface area contributed by atoms with Crippen LogP contribution in [0.3, 0.4) is 0 Å². The predicted molar refractivity (Wildman–Crippen MR) is 146 cm³/mol. The van der Waals surface area contributed by atoms with Crippen molar-refractivity contribution in [2.24, 2.45) is 0 Å². The van der Waals surface area contributed by atoms with Gasteiger partial charge in [-0.3, -0.25) is 32.1 Å². The van der Waals surface area contributed by atoms with Crippen molar-refractivity contribution < 1.29 is 65.7 Å². The monoisotopic (exact) mass is 676 g/mol. The van der Waals surface area contributed by atoms with Crippen LogP contribution in [-0.2, 0) is 55.3 Å². The van der Waals surface area contributed by atoms with Crippen molar-refractivity contribution in [2.45, 2.75) is 64.5 Å². The minimum atomic E-state index is -3.67. The summed E-state index contributed by atoms with van der Waals surface area (Å²) < 4.78 is 62.8. The molecule has 0 amide bonds. The molecule has 5 atom stereocenters. The minimum Gasteiger partial charge on any atom is -0.489 e. The Labute approximate surface area is 253 Å². The van der Waals surface area contributed by atoms with E-state index >= 15 is 0 Å². The number of ether oxygens (including phenoxy) is 6. The highest BCUT2D eigenvalue weighted by atomic mass is 79.9. The van der Waals surface area contributed by atoms with Gasteiger partial charge in [0.05, 0.1) is 0 Å². The molecule has 16 heteroatoms. The second kappa shape index (κ2) is 16.3. The molecule has 1 N–H and O–H groups in total. The second-order valence-electron chi connectivity index (χ2n) is 8.99. The van der Waals surface area contributed by atoms with Crippen LogP contribution in [0.4, 0.5) is 12.9 Å². The quantitative estimate of drug-likeness (QED) is 0.235. The van der Waals surface area contributed by atoms with Crippen LogP contribution in [0.2, 0.25) is 0 Å². The van der Waals surface area contributed by atoms with E-state index < -0.39 is 68.2 Å². The van der Waals surface area contributed by atoms with Gasteiger partial charge in [0.1, 0.15) is 25.1 Å². The Balaban J connectivity index is 0.00000151. The van der Waals surface area contributed by atoms with Crippen LogP contribution < -0.4 is 4.74 Å². The average molecular weight is 677 g/mol. The molecule has 1 aliphatic heterocycles. The highest BCUT2D eigenvalue weighted by molar-refractivity contribution is 9.10. The van der Waals surface area contributed by atoms with Gasteiger partial charge in [-0.1, -0.05) is 40.2 Å². The van der Waals surface area contributed by atoms with Crippen LogP contribution in [0.25, 0.3) is 0 Å². The first-order valence-electron chi connectivity index (χ1n) is 12.6. The van der Waals surface area contributed by atoms with Crippen molar-refractivity contribution in [1.82, 2.24) is 0 Å². The maximum Gasteiger partial charge on any atom is 0.762 e. The number of esters is 4. The summed E-state index contributed by atoms with van der Waals surface area (Å²) >= 11 is 3.46. The van der Waals surface area contributed by atoms with Crippen molar-refractivity contribution in [3.05, 3.63) is 64.1 Å². The van der Waals surface area contributed by atoms with Gasteiger partial charge in [-0.15, -0.1) is 0 Å². The van der Waals surface area contributed by atoms with Crippen LogP contribution in [0.1, 0.15) is 38.8 Å². The second-order valence-corrected chi connectivity index (χ2v) is 9.84. The molecule has 1 fully saturated rings. The van der Waals surface area contributed by atoms with Crippen molar-refractivity contribution in [3.8, 4) is 5.75 Å². The van der Waals surface area contributed by atoms with E-state index in [-0.39, 0.29) is 12.2 Å². The van der Waals surface area contributed by atoms with Gasteiger partial charge in [0.15, 0.2) is 12.2 Å². The number of carbonyl (C=O) groups excluding carboxylic acids is 4. The molecule has 0 aliphatic carbocycles. The fraction of sp³-hybridized carbons (Fsp3) is 0.407. The van der Waals surface area contributed by atoms with Crippen molar-refractivity contribution in [3.63, 3.8) is 0 Å². The fourth-order valence-electron chi connectivity index (χ4n) is 4.10. The van der Waals surface area contributed by atoms with E-state index in [1.54, 1.807) is 24.3 Å². The van der Waals surface area contributed by atoms with Crippen molar-refractivity contribution in [1.29, 1.82) is 0 Å². The van der Waals surface area contributed by atoms with Gasteiger partial charge in [-0.25, -0.2) is 0 Å². The van der Waals surface area contributed by atoms with Gasteiger partial charge < -0.3 is 33.5 Å². The molecule has 0 saturated carbocycles. The lowest BCUT2D eigenvalue weighted by atomic mass is 9.87. The lowest BCUT2D eigenvalue weighted by Gasteiger charge is -2.48. The molecule has 234 valence electrons. The van der Waals surface area contributed by atoms with Crippen molar-refractivity contribution in [2.75, 3.05) is 6.61 Å². The molecule has 1 saturated heterocycles. The molecule has 3 rings (SSSR count). The molecular weight excluding hydrogens is 648 g/mol. The summed E-state index contributed by atoms with van der Waals surface area (Å²) in [6.45, 7) is 4.09. The summed E-state index contributed by atoms with van der Waals surface area (Å²) in [5.74, 6) is -4.90. The summed E-state index contributed by atoms with van der Waals surface area (Å²) in [7, 11) is -3.67. The lowest BCUT2D eigenvalue weighted by molar-refractivity contribution is -0.360. The van der Waals surface area contributed by atoms with Gasteiger partial charge in [0.25, 0.3) is 0 Å². The Bertz CT molecular complexity index is 1270. The number of benzene rings is 2. The largest absolute Gasteiger partial charge is 0.762 e. The van der Waals surface area contributed by atoms with Gasteiger partial charge in [-0.05, 0) is 24.3 Å². The molecule has 2 aromatic rings. The van der Waals surface area contributed by atoms with Gasteiger partial charge in [0, 0.05) is 43.3 Å². The van der Waals surface area contributed by atoms with Crippen LogP contribution >= 0.6 is 15.9 Å². The maximum atomic E-state index is 12.1. The number of aliphatic hydroxyl groups is 1. The first-order chi connectivity index (χ1) is 20.1. The third kappa shape index (κ3) is 10.9. The van der Waals surface area contributed by atoms with Crippen LogP contribution in [0.15, 0.2) is 53.0 Å². The number of para-hydroxylation sites is 1. The smallest absolute Gasteiger partial charge is 0.489 e. The first-order valence-corrected chi connectivity index (χ1v) is 13.4. The van der Waals surface area contributed by atoms with E-state index in [0.717, 1.165) is 27.7 Å². The summed E-state index contributed by atoms with van der Waals surface area (Å²) in [4.78, 5) is 47.7. The Kier molecular flexibility index (Phi) is 13.5. The molecular formula is C27H29BBrF3O11. The highest BCUT2D eigenvalue weighted by Crippen LogP contribution is 2.42. The van der Waals surface area contributed by atoms with E-state index in [1.165, 1.54) is 6.07 Å². The molecule has 0 aromatic heterocycles. The number of carbonyl (C=O) groups is 4. The van der Waals surface area contributed by atoms with Crippen LogP contribution in [0.5, 0.6) is 5.75 Å². The average Bonchev–Trinajstić information content (AvgIpc) is 2.90. The molecule has 2 aromatic carbocycles. The Hall–Kier alpha value is -3.63. The normalized spacial score (nSPS) is 22.6. The van der Waals surface area contributed by atoms with Crippen LogP contribution in [0, 0.1) is 0 Å². The molecule has 0 bridgehead atoms. The van der Waals surface area contributed by atoms with E-state index in [0.29, 0.717) is 15.8 Å². The molecule has 1 unspecified atom stereocenters. The fourth-order valence-corrected chi connectivity index (χ4v) is 4.46. The summed E-state index contributed by atoms with van der Waals surface area (Å²) in [5.41, 5.74) is 0.701. The van der Waals surface area contributed by atoms with Crippen molar-refractivity contribution >= 4 is 47.4 Å². The standard InChI is InChI=1S/C27H29BrO11.BF3/c1-15(29)34-14-23-24(36-16(2)30)25(37-17(3)31)26(38-18(4)32)27(33,39-23)20-10-11-22(28)19(12-20)13-35-21-8-6-5-7-9-21;2-1(3)4/h5-12,23-26,33H,13-14H2,1-4H3;/t23-,24-,25+,26-,27?;/m1./s1. The topological polar surface area (TPSA) is 144 Å². The molecule has 1 heterocycles. The van der Waals surface area contributed by atoms with E-state index in [4.69, 9.17) is 28.4 Å². The number of rotatable bonds is 9. The first kappa shape index (κ1) is 35.6. The molecule has 43 heavy (non-hydrogen) atoms. The summed E-state index contributed by atoms with van der Waals surface area (Å²) in [5, 5.41) is 12.0. The Morgan fingerprint density at radius 3 is 1.98 bits per heavy atom. The summed E-state index contributed by atoms with van der Waals surface area (Å²) in [6, 6.07) is 13.8. The molecule has 1 aliphatic rings. The molecule has 0 spiro atoms. The summed E-state index contributed by atoms with van der Waals surface area (Å²) in [6.07, 6.45) is -5.92. The minimum absolute atomic E-state index is 0.0903. The van der Waals surface area contributed by atoms with Crippen LogP contribution in [-0.4, -0.2) is 67.6 Å². The Morgan fingerprint density at radius 1 is 0.884 bits per heavy atom. The zero-order valence-corrected chi connectivity index (χ0v) is 25.0. The molecule has 11 nitrogen and oxygen atoms in total. The third-order valence-corrected chi connectivity index (χ3v) is 6.42. The number of hydrogen-bond donors (Lipinski definition) is 1. The van der Waals surface area contributed by atoms with E-state index in [2.05, 4.69) is 15.9 Å². The number of hydrogen-bond acceptors (Lipinski definition) is 11. The SMILES string of the molecule is CC(=O)OC[C@H]1OC(O)(c2ccc(Br)c(COc3ccccc3)c2)[C@H](OC(C)=O)[C@@H](OC(C)=O)[C@@H]1OC(C)=O.FB(F)F.